The fourth-order valence-corrected chi connectivity index (χ4v) is 0.729. The summed E-state index contributed by atoms with van der Waals surface area (Å²) in [6.45, 7) is 4.12. The molecule has 1 aliphatic rings. The maximum atomic E-state index is 8.18. The molecule has 0 amide bonds. The highest BCUT2D eigenvalue weighted by Gasteiger charge is 2.12. The van der Waals surface area contributed by atoms with Crippen molar-refractivity contribution in [2.45, 2.75) is 6.04 Å². The van der Waals surface area contributed by atoms with E-state index in [1.165, 1.54) is 6.08 Å². The Labute approximate surface area is 65.3 Å². The maximum Gasteiger partial charge on any atom is 0.210 e. The molecule has 0 radical (unpaired) electrons. The Kier molecular flexibility index (Phi) is 2.45. The van der Waals surface area contributed by atoms with Crippen LogP contribution < -0.4 is 0 Å². The van der Waals surface area contributed by atoms with Crippen LogP contribution in [-0.4, -0.2) is 18.5 Å². The Balaban J connectivity index is 2.56. The second-order valence-electron chi connectivity index (χ2n) is 2.04. The molecule has 0 saturated carbocycles. The Bertz CT molecular complexity index is 247. The van der Waals surface area contributed by atoms with Crippen molar-refractivity contribution in [2.24, 2.45) is 4.99 Å². The third kappa shape index (κ3) is 1.94. The minimum atomic E-state index is 0.0494. The standard InChI is InChI=1S/C8H8N2O/c1-2-7-6-11-8(10-7)4-3-5-9/h2-4,7H,1,6H2. The molecule has 11 heavy (non-hydrogen) atoms. The second-order valence-corrected chi connectivity index (χ2v) is 2.04. The van der Waals surface area contributed by atoms with Gasteiger partial charge in [0.1, 0.15) is 12.6 Å². The molecule has 1 heterocycles. The van der Waals surface area contributed by atoms with Crippen LogP contribution in [0.5, 0.6) is 0 Å². The van der Waals surface area contributed by atoms with E-state index in [0.717, 1.165) is 0 Å². The Hall–Kier alpha value is -1.56. The molecule has 56 valence electrons. The van der Waals surface area contributed by atoms with Crippen LogP contribution >= 0.6 is 0 Å². The van der Waals surface area contributed by atoms with Gasteiger partial charge in [0.2, 0.25) is 5.90 Å². The normalized spacial score (nSPS) is 22.5. The summed E-state index contributed by atoms with van der Waals surface area (Å²) >= 11 is 0. The van der Waals surface area contributed by atoms with E-state index in [0.29, 0.717) is 12.5 Å². The van der Waals surface area contributed by atoms with Crippen LogP contribution in [0, 0.1) is 11.3 Å². The first kappa shape index (κ1) is 7.55. The number of nitrogens with zero attached hydrogens (tertiary/aromatic N) is 2. The van der Waals surface area contributed by atoms with E-state index in [1.54, 1.807) is 12.2 Å². The topological polar surface area (TPSA) is 45.4 Å². The van der Waals surface area contributed by atoms with Gasteiger partial charge in [-0.05, 0) is 0 Å². The number of ether oxygens (including phenoxy) is 1. The van der Waals surface area contributed by atoms with Crippen molar-refractivity contribution in [3.63, 3.8) is 0 Å². The van der Waals surface area contributed by atoms with E-state index in [-0.39, 0.29) is 6.04 Å². The molecule has 0 aromatic rings. The van der Waals surface area contributed by atoms with Crippen LogP contribution in [0.25, 0.3) is 0 Å². The van der Waals surface area contributed by atoms with Gasteiger partial charge < -0.3 is 4.74 Å². The Morgan fingerprint density at radius 1 is 1.82 bits per heavy atom. The molecule has 0 aromatic carbocycles. The van der Waals surface area contributed by atoms with Crippen molar-refractivity contribution in [1.82, 2.24) is 0 Å². The van der Waals surface area contributed by atoms with Gasteiger partial charge in [0.15, 0.2) is 0 Å². The molecule has 1 aliphatic heterocycles. The average molecular weight is 148 g/mol. The monoisotopic (exact) mass is 148 g/mol. The molecular formula is C8H8N2O. The van der Waals surface area contributed by atoms with Gasteiger partial charge in [0.05, 0.1) is 6.07 Å². The van der Waals surface area contributed by atoms with Gasteiger partial charge in [0, 0.05) is 12.2 Å². The minimum Gasteiger partial charge on any atom is -0.475 e. The number of hydrogen-bond acceptors (Lipinski definition) is 3. The van der Waals surface area contributed by atoms with Crippen molar-refractivity contribution in [3.8, 4) is 6.07 Å². The third-order valence-corrected chi connectivity index (χ3v) is 1.27. The number of allylic oxidation sites excluding steroid dienone is 1. The van der Waals surface area contributed by atoms with Crippen molar-refractivity contribution in [1.29, 1.82) is 5.26 Å². The fourth-order valence-electron chi connectivity index (χ4n) is 0.729. The lowest BCUT2D eigenvalue weighted by Crippen LogP contribution is -2.00. The van der Waals surface area contributed by atoms with Crippen LogP contribution in [-0.2, 0) is 4.74 Å². The van der Waals surface area contributed by atoms with Crippen LogP contribution in [0.3, 0.4) is 0 Å². The predicted molar refractivity (Wildman–Crippen MR) is 42.1 cm³/mol. The number of hydrogen-bond donors (Lipinski definition) is 0. The molecule has 0 N–H and O–H groups in total. The van der Waals surface area contributed by atoms with Gasteiger partial charge in [0.25, 0.3) is 0 Å². The molecule has 0 spiro atoms. The summed E-state index contributed by atoms with van der Waals surface area (Å²) in [4.78, 5) is 4.08. The molecule has 0 fully saturated rings. The second kappa shape index (κ2) is 3.57. The van der Waals surface area contributed by atoms with E-state index < -0.39 is 0 Å². The quantitative estimate of drug-likeness (QED) is 0.434. The molecule has 1 atom stereocenters. The van der Waals surface area contributed by atoms with Gasteiger partial charge in [-0.25, -0.2) is 4.99 Å². The highest BCUT2D eigenvalue weighted by atomic mass is 16.5. The molecule has 3 heteroatoms. The van der Waals surface area contributed by atoms with Crippen molar-refractivity contribution in [2.75, 3.05) is 6.61 Å². The van der Waals surface area contributed by atoms with E-state index >= 15 is 0 Å². The SMILES string of the molecule is C=CC1COC(C=CC#N)=N1. The molecule has 0 bridgehead atoms. The van der Waals surface area contributed by atoms with Gasteiger partial charge in [-0.2, -0.15) is 5.26 Å². The highest BCUT2D eigenvalue weighted by Crippen LogP contribution is 2.05. The van der Waals surface area contributed by atoms with Crippen LogP contribution in [0.4, 0.5) is 0 Å². The maximum absolute atomic E-state index is 8.18. The summed E-state index contributed by atoms with van der Waals surface area (Å²) < 4.78 is 5.10. The van der Waals surface area contributed by atoms with E-state index in [1.807, 2.05) is 6.07 Å². The summed E-state index contributed by atoms with van der Waals surface area (Å²) in [6.07, 6.45) is 4.60. The summed E-state index contributed by atoms with van der Waals surface area (Å²) in [6, 6.07) is 1.91. The van der Waals surface area contributed by atoms with Gasteiger partial charge in [-0.1, -0.05) is 6.08 Å². The first-order valence-electron chi connectivity index (χ1n) is 3.26. The summed E-state index contributed by atoms with van der Waals surface area (Å²) in [7, 11) is 0. The lowest BCUT2D eigenvalue weighted by molar-refractivity contribution is 0.333. The largest absolute Gasteiger partial charge is 0.475 e. The van der Waals surface area contributed by atoms with Crippen LogP contribution in [0.2, 0.25) is 0 Å². The zero-order valence-corrected chi connectivity index (χ0v) is 6.03. The predicted octanol–water partition coefficient (Wildman–Crippen LogP) is 1.05. The lowest BCUT2D eigenvalue weighted by atomic mass is 10.3. The van der Waals surface area contributed by atoms with Crippen LogP contribution in [0.15, 0.2) is 29.8 Å². The Morgan fingerprint density at radius 2 is 2.64 bits per heavy atom. The van der Waals surface area contributed by atoms with Gasteiger partial charge in [-0.3, -0.25) is 0 Å². The number of rotatable bonds is 2. The molecule has 3 nitrogen and oxygen atoms in total. The molecule has 0 saturated heterocycles. The van der Waals surface area contributed by atoms with Gasteiger partial charge in [-0.15, -0.1) is 6.58 Å². The molecule has 1 rings (SSSR count). The van der Waals surface area contributed by atoms with Gasteiger partial charge >= 0.3 is 0 Å². The number of aliphatic imine (C=N–C) groups is 1. The Morgan fingerprint density at radius 3 is 3.18 bits per heavy atom. The van der Waals surface area contributed by atoms with E-state index in [2.05, 4.69) is 11.6 Å². The first-order valence-corrected chi connectivity index (χ1v) is 3.26. The van der Waals surface area contributed by atoms with E-state index in [9.17, 15) is 0 Å². The zero-order valence-electron chi connectivity index (χ0n) is 6.03. The zero-order chi connectivity index (χ0) is 8.10. The van der Waals surface area contributed by atoms with Crippen molar-refractivity contribution < 1.29 is 4.74 Å². The molecule has 0 aromatic heterocycles. The van der Waals surface area contributed by atoms with E-state index in [4.69, 9.17) is 10.00 Å². The average Bonchev–Trinajstić information content (AvgIpc) is 2.48. The molecule has 1 unspecified atom stereocenters. The summed E-state index contributed by atoms with van der Waals surface area (Å²) in [5.41, 5.74) is 0. The highest BCUT2D eigenvalue weighted by molar-refractivity contribution is 5.89. The summed E-state index contributed by atoms with van der Waals surface area (Å²) in [5, 5.41) is 8.18. The molecular weight excluding hydrogens is 140 g/mol. The summed E-state index contributed by atoms with van der Waals surface area (Å²) in [5.74, 6) is 0.511. The lowest BCUT2D eigenvalue weighted by Gasteiger charge is -1.92. The molecule has 0 aliphatic carbocycles. The smallest absolute Gasteiger partial charge is 0.210 e. The van der Waals surface area contributed by atoms with Crippen LogP contribution in [0.1, 0.15) is 0 Å². The third-order valence-electron chi connectivity index (χ3n) is 1.27. The van der Waals surface area contributed by atoms with Crippen molar-refractivity contribution >= 4 is 5.90 Å². The number of nitriles is 1. The minimum absolute atomic E-state index is 0.0494. The fraction of sp³-hybridized carbons (Fsp3) is 0.250. The van der Waals surface area contributed by atoms with Crippen molar-refractivity contribution in [3.05, 3.63) is 24.8 Å². The first-order chi connectivity index (χ1) is 5.36.